The van der Waals surface area contributed by atoms with E-state index in [-0.39, 0.29) is 12.6 Å². The van der Waals surface area contributed by atoms with Gasteiger partial charge < -0.3 is 10.1 Å². The summed E-state index contributed by atoms with van der Waals surface area (Å²) in [7, 11) is 0. The van der Waals surface area contributed by atoms with E-state index in [1.54, 1.807) is 20.8 Å². The molecule has 0 saturated heterocycles. The molecular weight excluding hydrogens is 202 g/mol. The Labute approximate surface area is 87.5 Å². The molecule has 0 bridgehead atoms. The number of nitrogens with one attached hydrogen (secondary N) is 3. The van der Waals surface area contributed by atoms with Gasteiger partial charge in [0.05, 0.1) is 6.61 Å². The maximum Gasteiger partial charge on any atom is 0.426 e. The molecule has 0 aromatic carbocycles. The van der Waals surface area contributed by atoms with Crippen molar-refractivity contribution in [2.45, 2.75) is 26.8 Å². The number of hydrazine groups is 1. The van der Waals surface area contributed by atoms with Gasteiger partial charge in [0.25, 0.3) is 0 Å². The Kier molecular flexibility index (Phi) is 5.84. The SMILES string of the molecule is CCOC(=O)NNC(=O)C(=O)NC(C)C. The fourth-order valence-electron chi connectivity index (χ4n) is 0.659. The molecule has 3 amide bonds. The van der Waals surface area contributed by atoms with E-state index in [2.05, 4.69) is 10.1 Å². The molecule has 0 fully saturated rings. The summed E-state index contributed by atoms with van der Waals surface area (Å²) in [4.78, 5) is 32.7. The summed E-state index contributed by atoms with van der Waals surface area (Å²) in [5.74, 6) is -1.77. The van der Waals surface area contributed by atoms with E-state index in [0.717, 1.165) is 0 Å². The summed E-state index contributed by atoms with van der Waals surface area (Å²) in [6, 6.07) is -0.147. The molecular formula is C8H15N3O4. The van der Waals surface area contributed by atoms with E-state index >= 15 is 0 Å². The van der Waals surface area contributed by atoms with Gasteiger partial charge in [-0.25, -0.2) is 10.2 Å². The number of amides is 3. The molecule has 0 heterocycles. The van der Waals surface area contributed by atoms with Crippen LogP contribution in [0.15, 0.2) is 0 Å². The zero-order chi connectivity index (χ0) is 11.8. The van der Waals surface area contributed by atoms with Crippen molar-refractivity contribution in [1.29, 1.82) is 0 Å². The third kappa shape index (κ3) is 6.30. The van der Waals surface area contributed by atoms with Crippen molar-refractivity contribution < 1.29 is 19.1 Å². The predicted molar refractivity (Wildman–Crippen MR) is 51.6 cm³/mol. The van der Waals surface area contributed by atoms with Gasteiger partial charge in [0, 0.05) is 6.04 Å². The lowest BCUT2D eigenvalue weighted by Crippen LogP contribution is -2.49. The molecule has 7 nitrogen and oxygen atoms in total. The number of carbonyl (C=O) groups is 3. The Morgan fingerprint density at radius 3 is 2.20 bits per heavy atom. The second-order valence-corrected chi connectivity index (χ2v) is 2.93. The molecule has 0 aromatic heterocycles. The normalized spacial score (nSPS) is 9.33. The molecule has 15 heavy (non-hydrogen) atoms. The van der Waals surface area contributed by atoms with Gasteiger partial charge in [0.2, 0.25) is 0 Å². The minimum atomic E-state index is -0.947. The number of rotatable bonds is 2. The Bertz CT molecular complexity index is 252. The first-order valence-electron chi connectivity index (χ1n) is 4.51. The van der Waals surface area contributed by atoms with E-state index in [0.29, 0.717) is 0 Å². The van der Waals surface area contributed by atoms with Gasteiger partial charge >= 0.3 is 17.9 Å². The zero-order valence-electron chi connectivity index (χ0n) is 8.92. The molecule has 0 saturated carbocycles. The number of carbonyl (C=O) groups excluding carboxylic acids is 3. The standard InChI is InChI=1S/C8H15N3O4/c1-4-15-8(14)11-10-7(13)6(12)9-5(2)3/h5H,4H2,1-3H3,(H,9,12)(H,10,13)(H,11,14). The first-order valence-corrected chi connectivity index (χ1v) is 4.51. The number of hydrogen-bond donors (Lipinski definition) is 3. The third-order valence-corrected chi connectivity index (χ3v) is 1.18. The van der Waals surface area contributed by atoms with E-state index in [9.17, 15) is 14.4 Å². The summed E-state index contributed by atoms with van der Waals surface area (Å²) in [5.41, 5.74) is 3.81. The highest BCUT2D eigenvalue weighted by atomic mass is 16.6. The summed E-state index contributed by atoms with van der Waals surface area (Å²) in [6.45, 7) is 5.22. The Morgan fingerprint density at radius 2 is 1.73 bits per heavy atom. The van der Waals surface area contributed by atoms with E-state index in [1.165, 1.54) is 0 Å². The average molecular weight is 217 g/mol. The van der Waals surface area contributed by atoms with Crippen molar-refractivity contribution >= 4 is 17.9 Å². The monoisotopic (exact) mass is 217 g/mol. The van der Waals surface area contributed by atoms with Crippen LogP contribution in [0.25, 0.3) is 0 Å². The van der Waals surface area contributed by atoms with Crippen LogP contribution in [0.4, 0.5) is 4.79 Å². The molecule has 0 aliphatic carbocycles. The highest BCUT2D eigenvalue weighted by Gasteiger charge is 2.14. The van der Waals surface area contributed by atoms with Gasteiger partial charge in [0.1, 0.15) is 0 Å². The largest absolute Gasteiger partial charge is 0.449 e. The van der Waals surface area contributed by atoms with Gasteiger partial charge in [-0.2, -0.15) is 0 Å². The highest BCUT2D eigenvalue weighted by Crippen LogP contribution is 1.77. The van der Waals surface area contributed by atoms with Gasteiger partial charge in [-0.3, -0.25) is 15.0 Å². The summed E-state index contributed by atoms with van der Waals surface area (Å²) in [6.07, 6.45) is -0.816. The van der Waals surface area contributed by atoms with Crippen molar-refractivity contribution in [3.63, 3.8) is 0 Å². The summed E-state index contributed by atoms with van der Waals surface area (Å²) in [5, 5.41) is 2.36. The smallest absolute Gasteiger partial charge is 0.426 e. The zero-order valence-corrected chi connectivity index (χ0v) is 8.92. The second kappa shape index (κ2) is 6.63. The minimum absolute atomic E-state index is 0.147. The maximum atomic E-state index is 11.0. The molecule has 0 aliphatic heterocycles. The van der Waals surface area contributed by atoms with Crippen LogP contribution in [0.5, 0.6) is 0 Å². The first kappa shape index (κ1) is 13.2. The van der Waals surface area contributed by atoms with Crippen LogP contribution >= 0.6 is 0 Å². The molecule has 0 radical (unpaired) electrons. The maximum absolute atomic E-state index is 11.0. The number of hydrogen-bond acceptors (Lipinski definition) is 4. The molecule has 0 unspecified atom stereocenters. The Hall–Kier alpha value is -1.79. The van der Waals surface area contributed by atoms with Gasteiger partial charge in [0.15, 0.2) is 0 Å². The fraction of sp³-hybridized carbons (Fsp3) is 0.625. The lowest BCUT2D eigenvalue weighted by molar-refractivity contribution is -0.140. The molecule has 7 heteroatoms. The van der Waals surface area contributed by atoms with Gasteiger partial charge in [-0.05, 0) is 20.8 Å². The Balaban J connectivity index is 3.83. The first-order chi connectivity index (χ1) is 6.97. The average Bonchev–Trinajstić information content (AvgIpc) is 2.13. The van der Waals surface area contributed by atoms with Crippen molar-refractivity contribution in [3.8, 4) is 0 Å². The van der Waals surface area contributed by atoms with Crippen LogP contribution in [0.1, 0.15) is 20.8 Å². The van der Waals surface area contributed by atoms with Crippen molar-refractivity contribution in [3.05, 3.63) is 0 Å². The molecule has 0 atom stereocenters. The topological polar surface area (TPSA) is 96.5 Å². The quantitative estimate of drug-likeness (QED) is 0.420. The molecule has 0 aliphatic rings. The van der Waals surface area contributed by atoms with Crippen LogP contribution in [0, 0.1) is 0 Å². The molecule has 0 spiro atoms. The Morgan fingerprint density at radius 1 is 1.13 bits per heavy atom. The van der Waals surface area contributed by atoms with Crippen LogP contribution in [-0.2, 0) is 14.3 Å². The van der Waals surface area contributed by atoms with E-state index < -0.39 is 17.9 Å². The minimum Gasteiger partial charge on any atom is -0.449 e. The van der Waals surface area contributed by atoms with Gasteiger partial charge in [-0.15, -0.1) is 0 Å². The fourth-order valence-corrected chi connectivity index (χ4v) is 0.659. The van der Waals surface area contributed by atoms with Crippen molar-refractivity contribution in [2.24, 2.45) is 0 Å². The molecule has 0 aromatic rings. The van der Waals surface area contributed by atoms with Crippen molar-refractivity contribution in [1.82, 2.24) is 16.2 Å². The second-order valence-electron chi connectivity index (χ2n) is 2.93. The van der Waals surface area contributed by atoms with Crippen LogP contribution in [0.3, 0.4) is 0 Å². The van der Waals surface area contributed by atoms with Crippen LogP contribution in [0.2, 0.25) is 0 Å². The van der Waals surface area contributed by atoms with Gasteiger partial charge in [-0.1, -0.05) is 0 Å². The molecule has 86 valence electrons. The summed E-state index contributed by atoms with van der Waals surface area (Å²) >= 11 is 0. The van der Waals surface area contributed by atoms with Crippen LogP contribution < -0.4 is 16.2 Å². The third-order valence-electron chi connectivity index (χ3n) is 1.18. The molecule has 0 rings (SSSR count). The van der Waals surface area contributed by atoms with E-state index in [1.807, 2.05) is 10.9 Å². The predicted octanol–water partition coefficient (Wildman–Crippen LogP) is -0.712. The lowest BCUT2D eigenvalue weighted by atomic mass is 10.4. The lowest BCUT2D eigenvalue weighted by Gasteiger charge is -2.09. The van der Waals surface area contributed by atoms with Crippen LogP contribution in [-0.4, -0.2) is 30.6 Å². The highest BCUT2D eigenvalue weighted by molar-refractivity contribution is 6.35. The number of ether oxygens (including phenoxy) is 1. The van der Waals surface area contributed by atoms with Crippen molar-refractivity contribution in [2.75, 3.05) is 6.61 Å². The molecule has 3 N–H and O–H groups in total. The summed E-state index contributed by atoms with van der Waals surface area (Å²) < 4.78 is 4.46. The van der Waals surface area contributed by atoms with E-state index in [4.69, 9.17) is 0 Å².